The topological polar surface area (TPSA) is 83.8 Å². The molecule has 1 aromatic carbocycles. The molecule has 3 aromatic rings. The molecule has 1 aliphatic heterocycles. The molecule has 2 aliphatic rings. The van der Waals surface area contributed by atoms with Gasteiger partial charge in [-0.05, 0) is 37.1 Å². The number of aryl methyl sites for hydroxylation is 1. The summed E-state index contributed by atoms with van der Waals surface area (Å²) in [4.78, 5) is 23.5. The predicted octanol–water partition coefficient (Wildman–Crippen LogP) is 3.78. The lowest BCUT2D eigenvalue weighted by Gasteiger charge is -2.28. The fraction of sp³-hybridized carbons (Fsp3) is 0.320. The number of piperazine rings is 1. The third-order valence-corrected chi connectivity index (χ3v) is 6.38. The summed E-state index contributed by atoms with van der Waals surface area (Å²) < 4.78 is 35.8. The van der Waals surface area contributed by atoms with Crippen molar-refractivity contribution in [1.82, 2.24) is 24.6 Å². The average Bonchev–Trinajstić information content (AvgIpc) is 3.31. The standard InChI is InChI=1S/C25H26F2N6O2/c1-15-13-16(3-4-17(15)25(34)32-10-7-28-8-11-32)31-23-24-30-14-19(33(24)12-9-29-23)18-5-6-20(35-2)22(27)21(18)26/h3-5,9,12-14,20,28H,6-8,10-11H2,1-2H3,(H,29,31). The number of imidazole rings is 1. The number of ether oxygens (including phenoxy) is 1. The fourth-order valence-corrected chi connectivity index (χ4v) is 4.47. The van der Waals surface area contributed by atoms with Crippen LogP contribution in [-0.4, -0.2) is 64.6 Å². The van der Waals surface area contributed by atoms with Crippen LogP contribution in [0.5, 0.6) is 0 Å². The van der Waals surface area contributed by atoms with Crippen LogP contribution in [0.2, 0.25) is 0 Å². The monoisotopic (exact) mass is 480 g/mol. The summed E-state index contributed by atoms with van der Waals surface area (Å²) in [6.45, 7) is 4.86. The van der Waals surface area contributed by atoms with Crippen LogP contribution < -0.4 is 10.6 Å². The molecular formula is C25H26F2N6O2. The molecule has 1 saturated heterocycles. The highest BCUT2D eigenvalue weighted by Gasteiger charge is 2.28. The van der Waals surface area contributed by atoms with E-state index in [1.165, 1.54) is 13.3 Å². The number of rotatable bonds is 5. The van der Waals surface area contributed by atoms with E-state index < -0.39 is 17.8 Å². The summed E-state index contributed by atoms with van der Waals surface area (Å²) in [6, 6.07) is 5.52. The molecule has 2 aromatic heterocycles. The van der Waals surface area contributed by atoms with E-state index in [9.17, 15) is 13.6 Å². The fourth-order valence-electron chi connectivity index (χ4n) is 4.47. The van der Waals surface area contributed by atoms with Crippen molar-refractivity contribution >= 4 is 28.6 Å². The number of carbonyl (C=O) groups is 1. The normalized spacial score (nSPS) is 18.7. The van der Waals surface area contributed by atoms with Gasteiger partial charge in [0.2, 0.25) is 0 Å². The number of halogens is 2. The zero-order valence-electron chi connectivity index (χ0n) is 19.5. The Morgan fingerprint density at radius 1 is 1.23 bits per heavy atom. The lowest BCUT2D eigenvalue weighted by Crippen LogP contribution is -2.46. The summed E-state index contributed by atoms with van der Waals surface area (Å²) in [6.07, 6.45) is 5.64. The van der Waals surface area contributed by atoms with E-state index in [-0.39, 0.29) is 17.9 Å². The summed E-state index contributed by atoms with van der Waals surface area (Å²) >= 11 is 0. The number of carbonyl (C=O) groups excluding carboxylic acids is 1. The predicted molar refractivity (Wildman–Crippen MR) is 129 cm³/mol. The zero-order valence-corrected chi connectivity index (χ0v) is 19.5. The van der Waals surface area contributed by atoms with Crippen LogP contribution >= 0.6 is 0 Å². The van der Waals surface area contributed by atoms with Gasteiger partial charge in [-0.15, -0.1) is 0 Å². The van der Waals surface area contributed by atoms with Gasteiger partial charge < -0.3 is 20.3 Å². The van der Waals surface area contributed by atoms with Crippen molar-refractivity contribution in [3.8, 4) is 0 Å². The number of fused-ring (bicyclic) bond motifs is 1. The first-order valence-corrected chi connectivity index (χ1v) is 11.5. The van der Waals surface area contributed by atoms with Crippen molar-refractivity contribution in [3.05, 3.63) is 71.3 Å². The number of benzene rings is 1. The number of hydrogen-bond donors (Lipinski definition) is 2. The van der Waals surface area contributed by atoms with Gasteiger partial charge in [0.05, 0.1) is 11.9 Å². The van der Waals surface area contributed by atoms with Gasteiger partial charge in [0.15, 0.2) is 23.1 Å². The van der Waals surface area contributed by atoms with Crippen LogP contribution in [0, 0.1) is 6.92 Å². The molecule has 8 nitrogen and oxygen atoms in total. The van der Waals surface area contributed by atoms with Crippen molar-refractivity contribution in [3.63, 3.8) is 0 Å². The zero-order chi connectivity index (χ0) is 24.5. The minimum atomic E-state index is -0.948. The first-order chi connectivity index (χ1) is 17.0. The van der Waals surface area contributed by atoms with Crippen LogP contribution in [0.15, 0.2) is 54.5 Å². The van der Waals surface area contributed by atoms with Gasteiger partial charge in [-0.25, -0.2) is 18.7 Å². The largest absolute Gasteiger partial charge is 0.374 e. The summed E-state index contributed by atoms with van der Waals surface area (Å²) in [5, 5.41) is 6.49. The molecule has 1 fully saturated rings. The number of anilines is 2. The number of hydrogen-bond acceptors (Lipinski definition) is 6. The second-order valence-electron chi connectivity index (χ2n) is 8.55. The molecule has 3 heterocycles. The molecule has 35 heavy (non-hydrogen) atoms. The van der Waals surface area contributed by atoms with E-state index in [4.69, 9.17) is 4.74 Å². The van der Waals surface area contributed by atoms with E-state index in [0.717, 1.165) is 24.3 Å². The molecule has 0 bridgehead atoms. The highest BCUT2D eigenvalue weighted by Crippen LogP contribution is 2.36. The van der Waals surface area contributed by atoms with Crippen LogP contribution in [0.3, 0.4) is 0 Å². The maximum Gasteiger partial charge on any atom is 0.254 e. The molecule has 10 heteroatoms. The first-order valence-electron chi connectivity index (χ1n) is 11.5. The Morgan fingerprint density at radius 3 is 2.77 bits per heavy atom. The molecule has 1 amide bonds. The molecule has 1 unspecified atom stereocenters. The van der Waals surface area contributed by atoms with E-state index >= 15 is 0 Å². The molecule has 182 valence electrons. The number of amides is 1. The molecule has 0 spiro atoms. The Balaban J connectivity index is 1.41. The third-order valence-electron chi connectivity index (χ3n) is 6.38. The van der Waals surface area contributed by atoms with Crippen molar-refractivity contribution in [1.29, 1.82) is 0 Å². The summed E-state index contributed by atoms with van der Waals surface area (Å²) in [5.74, 6) is -1.39. The smallest absolute Gasteiger partial charge is 0.254 e. The van der Waals surface area contributed by atoms with Crippen molar-refractivity contribution in [2.75, 3.05) is 38.6 Å². The molecule has 1 atom stereocenters. The number of aromatic nitrogens is 3. The minimum Gasteiger partial charge on any atom is -0.374 e. The number of nitrogens with one attached hydrogen (secondary N) is 2. The van der Waals surface area contributed by atoms with E-state index in [0.29, 0.717) is 35.8 Å². The first kappa shape index (κ1) is 23.1. The van der Waals surface area contributed by atoms with Gasteiger partial charge in [-0.1, -0.05) is 6.08 Å². The van der Waals surface area contributed by atoms with Crippen LogP contribution in [0.4, 0.5) is 20.3 Å². The number of allylic oxidation sites excluding steroid dienone is 2. The Morgan fingerprint density at radius 2 is 2.03 bits per heavy atom. The van der Waals surface area contributed by atoms with Crippen molar-refractivity contribution in [2.45, 2.75) is 19.4 Å². The van der Waals surface area contributed by atoms with Crippen LogP contribution in [-0.2, 0) is 4.74 Å². The van der Waals surface area contributed by atoms with Gasteiger partial charge in [-0.2, -0.15) is 0 Å². The average molecular weight is 481 g/mol. The third kappa shape index (κ3) is 4.30. The quantitative estimate of drug-likeness (QED) is 0.578. The molecule has 2 N–H and O–H groups in total. The van der Waals surface area contributed by atoms with Gasteiger partial charge in [-0.3, -0.25) is 9.20 Å². The van der Waals surface area contributed by atoms with Crippen molar-refractivity contribution < 1.29 is 18.3 Å². The minimum absolute atomic E-state index is 0.0208. The molecule has 0 radical (unpaired) electrons. The van der Waals surface area contributed by atoms with Gasteiger partial charge >= 0.3 is 0 Å². The van der Waals surface area contributed by atoms with Crippen LogP contribution in [0.1, 0.15) is 28.0 Å². The van der Waals surface area contributed by atoms with Crippen molar-refractivity contribution in [2.24, 2.45) is 0 Å². The van der Waals surface area contributed by atoms with Gasteiger partial charge in [0, 0.05) is 62.5 Å². The highest BCUT2D eigenvalue weighted by atomic mass is 19.2. The van der Waals surface area contributed by atoms with E-state index in [1.54, 1.807) is 28.9 Å². The summed E-state index contributed by atoms with van der Waals surface area (Å²) in [5.41, 5.74) is 3.25. The van der Waals surface area contributed by atoms with E-state index in [2.05, 4.69) is 20.6 Å². The number of methoxy groups -OCH3 is 1. The second-order valence-corrected chi connectivity index (χ2v) is 8.55. The van der Waals surface area contributed by atoms with Crippen LogP contribution in [0.25, 0.3) is 11.2 Å². The lowest BCUT2D eigenvalue weighted by molar-refractivity contribution is 0.0735. The molecule has 0 saturated carbocycles. The summed E-state index contributed by atoms with van der Waals surface area (Å²) in [7, 11) is 1.35. The number of nitrogens with zero attached hydrogens (tertiary/aromatic N) is 4. The molecule has 1 aliphatic carbocycles. The Bertz CT molecular complexity index is 1340. The Kier molecular flexibility index (Phi) is 6.31. The van der Waals surface area contributed by atoms with Gasteiger partial charge in [0.1, 0.15) is 6.10 Å². The second kappa shape index (κ2) is 9.55. The Hall–Kier alpha value is -3.63. The molecular weight excluding hydrogens is 454 g/mol. The lowest BCUT2D eigenvalue weighted by atomic mass is 10.0. The highest BCUT2D eigenvalue weighted by molar-refractivity contribution is 5.96. The maximum absolute atomic E-state index is 14.7. The SMILES string of the molecule is COC1CC=C(c2cnc3c(Nc4ccc(C(=O)N5CCNCC5)c(C)c4)nccn23)C(F)=C1F. The van der Waals surface area contributed by atoms with Gasteiger partial charge in [0.25, 0.3) is 5.91 Å². The maximum atomic E-state index is 14.7. The Labute approximate surface area is 201 Å². The molecule has 5 rings (SSSR count). The van der Waals surface area contributed by atoms with E-state index in [1.807, 2.05) is 24.0 Å².